The maximum absolute atomic E-state index is 13.0. The second-order valence-corrected chi connectivity index (χ2v) is 8.25. The molecule has 2 saturated heterocycles. The predicted molar refractivity (Wildman–Crippen MR) is 116 cm³/mol. The number of nitrogens with zero attached hydrogens (tertiary/aromatic N) is 5. The van der Waals surface area contributed by atoms with Crippen LogP contribution in [-0.2, 0) is 33.0 Å². The smallest absolute Gasteiger partial charge is 0.332 e. The Morgan fingerprint density at radius 2 is 1.88 bits per heavy atom. The Balaban J connectivity index is 1.63. The Morgan fingerprint density at radius 1 is 1.15 bits per heavy atom. The van der Waals surface area contributed by atoms with E-state index in [-0.39, 0.29) is 17.8 Å². The van der Waals surface area contributed by atoms with Crippen molar-refractivity contribution in [1.29, 1.82) is 0 Å². The van der Waals surface area contributed by atoms with Crippen LogP contribution in [-0.4, -0.2) is 61.9 Å². The average molecular weight is 473 g/mol. The van der Waals surface area contributed by atoms with E-state index in [9.17, 15) is 19.7 Å². The van der Waals surface area contributed by atoms with Crippen LogP contribution in [0.15, 0.2) is 46.2 Å². The van der Waals surface area contributed by atoms with Crippen LogP contribution >= 0.6 is 0 Å². The summed E-state index contributed by atoms with van der Waals surface area (Å²) in [6.07, 6.45) is -2.40. The summed E-state index contributed by atoms with van der Waals surface area (Å²) in [5.74, 6) is 0. The molecule has 0 radical (unpaired) electrons. The molecule has 0 bridgehead atoms. The molecule has 0 aliphatic carbocycles. The summed E-state index contributed by atoms with van der Waals surface area (Å²) >= 11 is 0. The lowest BCUT2D eigenvalue weighted by molar-refractivity contribution is -0.568. The lowest BCUT2D eigenvalue weighted by Gasteiger charge is -2.45. The van der Waals surface area contributed by atoms with Crippen LogP contribution < -0.4 is 11.2 Å². The zero-order chi connectivity index (χ0) is 24.1. The van der Waals surface area contributed by atoms with Crippen molar-refractivity contribution in [2.45, 2.75) is 36.9 Å². The molecule has 1 aromatic carbocycles. The van der Waals surface area contributed by atoms with Gasteiger partial charge in [0.1, 0.15) is 6.10 Å². The zero-order valence-electron chi connectivity index (χ0n) is 18.6. The van der Waals surface area contributed by atoms with Gasteiger partial charge in [0.25, 0.3) is 11.6 Å². The summed E-state index contributed by atoms with van der Waals surface area (Å²) in [4.78, 5) is 41.5. The van der Waals surface area contributed by atoms with Crippen molar-refractivity contribution in [3.63, 3.8) is 0 Å². The highest BCUT2D eigenvalue weighted by Gasteiger charge is 2.57. The summed E-state index contributed by atoms with van der Waals surface area (Å²) in [6.45, 7) is 0.0576. The molecule has 1 unspecified atom stereocenters. The number of nitro groups is 1. The Morgan fingerprint density at radius 3 is 2.56 bits per heavy atom. The molecule has 180 valence electrons. The van der Waals surface area contributed by atoms with Gasteiger partial charge >= 0.3 is 5.69 Å². The largest absolute Gasteiger partial charge is 0.353 e. The second kappa shape index (κ2) is 8.43. The maximum Gasteiger partial charge on any atom is 0.332 e. The summed E-state index contributed by atoms with van der Waals surface area (Å²) in [5.41, 5.74) is -0.357. The van der Waals surface area contributed by atoms with E-state index in [0.717, 1.165) is 4.57 Å². The van der Waals surface area contributed by atoms with Gasteiger partial charge in [-0.15, -0.1) is 0 Å². The SMILES string of the molecule is CO[C@@H]1O[C@@H]2COC(c3ccccc3)O[C@H]2[C@H]([N+](=O)[O-])[C@H]1n1cnc2c1c(=O)n(C)c(=O)n2C. The first-order chi connectivity index (χ1) is 16.3. The van der Waals surface area contributed by atoms with Gasteiger partial charge in [0, 0.05) is 31.7 Å². The van der Waals surface area contributed by atoms with E-state index in [1.807, 2.05) is 18.2 Å². The van der Waals surface area contributed by atoms with Crippen molar-refractivity contribution in [3.8, 4) is 0 Å². The van der Waals surface area contributed by atoms with Gasteiger partial charge in [0.05, 0.1) is 12.9 Å². The number of rotatable bonds is 4. The van der Waals surface area contributed by atoms with Gasteiger partial charge in [0.15, 0.2) is 35.9 Å². The fourth-order valence-corrected chi connectivity index (χ4v) is 4.68. The molecule has 2 fully saturated rings. The summed E-state index contributed by atoms with van der Waals surface area (Å²) < 4.78 is 26.8. The van der Waals surface area contributed by atoms with Crippen LogP contribution in [0.3, 0.4) is 0 Å². The average Bonchev–Trinajstić information content (AvgIpc) is 3.30. The fraction of sp³-hybridized carbons (Fsp3) is 0.476. The van der Waals surface area contributed by atoms with Gasteiger partial charge in [-0.1, -0.05) is 30.3 Å². The Labute approximate surface area is 192 Å². The van der Waals surface area contributed by atoms with E-state index < -0.39 is 53.0 Å². The standard InChI is InChI=1S/C21H23N5O8/c1-23-17-15(18(27)24(2)21(23)28)25(10-22-17)14-13(26(29)30)16-12(33-20(14)31-3)9-32-19(34-16)11-7-5-4-6-8-11/h4-8,10,12-14,16,19-20H,9H2,1-3H3/t12-,13-,14-,16-,19?,20-/m1/s1. The van der Waals surface area contributed by atoms with Crippen molar-refractivity contribution >= 4 is 11.2 Å². The molecule has 0 saturated carbocycles. The lowest BCUT2D eigenvalue weighted by atomic mass is 9.93. The molecule has 4 heterocycles. The van der Waals surface area contributed by atoms with Crippen LogP contribution in [0.4, 0.5) is 0 Å². The van der Waals surface area contributed by atoms with Crippen LogP contribution in [0.2, 0.25) is 0 Å². The van der Waals surface area contributed by atoms with Gasteiger partial charge in [-0.2, -0.15) is 0 Å². The molecule has 2 aliphatic rings. The molecule has 0 amide bonds. The number of hydrogen-bond donors (Lipinski definition) is 0. The highest BCUT2D eigenvalue weighted by atomic mass is 16.7. The van der Waals surface area contributed by atoms with E-state index >= 15 is 0 Å². The van der Waals surface area contributed by atoms with E-state index in [2.05, 4.69) is 4.98 Å². The van der Waals surface area contributed by atoms with Gasteiger partial charge < -0.3 is 23.5 Å². The minimum Gasteiger partial charge on any atom is -0.353 e. The topological polar surface area (TPSA) is 142 Å². The van der Waals surface area contributed by atoms with E-state index in [1.54, 1.807) is 12.1 Å². The monoisotopic (exact) mass is 473 g/mol. The van der Waals surface area contributed by atoms with Gasteiger partial charge in [-0.3, -0.25) is 24.0 Å². The molecule has 0 spiro atoms. The van der Waals surface area contributed by atoms with Gasteiger partial charge in [0.2, 0.25) is 0 Å². The van der Waals surface area contributed by atoms with Crippen molar-refractivity contribution < 1.29 is 23.9 Å². The van der Waals surface area contributed by atoms with Crippen molar-refractivity contribution in [2.24, 2.45) is 14.1 Å². The highest BCUT2D eigenvalue weighted by molar-refractivity contribution is 5.70. The third-order valence-electron chi connectivity index (χ3n) is 6.38. The van der Waals surface area contributed by atoms with Gasteiger partial charge in [-0.25, -0.2) is 9.78 Å². The number of hydrogen-bond acceptors (Lipinski definition) is 9. The van der Waals surface area contributed by atoms with Gasteiger partial charge in [-0.05, 0) is 0 Å². The number of ether oxygens (including phenoxy) is 4. The molecule has 2 aromatic heterocycles. The second-order valence-electron chi connectivity index (χ2n) is 8.25. The zero-order valence-corrected chi connectivity index (χ0v) is 18.6. The van der Waals surface area contributed by atoms with Crippen LogP contribution in [0, 0.1) is 10.1 Å². The van der Waals surface area contributed by atoms with Crippen LogP contribution in [0.1, 0.15) is 17.9 Å². The van der Waals surface area contributed by atoms with Crippen LogP contribution in [0.5, 0.6) is 0 Å². The van der Waals surface area contributed by atoms with Crippen LogP contribution in [0.25, 0.3) is 11.2 Å². The Kier molecular flexibility index (Phi) is 5.56. The fourth-order valence-electron chi connectivity index (χ4n) is 4.68. The number of methoxy groups -OCH3 is 1. The Bertz CT molecular complexity index is 1350. The molecule has 13 heteroatoms. The molecule has 0 N–H and O–H groups in total. The predicted octanol–water partition coefficient (Wildman–Crippen LogP) is 0.106. The molecule has 13 nitrogen and oxygen atoms in total. The number of benzene rings is 1. The van der Waals surface area contributed by atoms with E-state index in [4.69, 9.17) is 18.9 Å². The molecule has 2 aliphatic heterocycles. The third kappa shape index (κ3) is 3.36. The number of fused-ring (bicyclic) bond motifs is 2. The minimum absolute atomic E-state index is 0.0252. The number of aryl methyl sites for hydroxylation is 1. The first-order valence-corrected chi connectivity index (χ1v) is 10.6. The molecule has 34 heavy (non-hydrogen) atoms. The molecule has 5 rings (SSSR count). The number of imidazole rings is 1. The van der Waals surface area contributed by atoms with E-state index in [1.165, 1.54) is 36.7 Å². The molecule has 3 aromatic rings. The minimum atomic E-state index is -1.36. The highest BCUT2D eigenvalue weighted by Crippen LogP contribution is 2.40. The van der Waals surface area contributed by atoms with Crippen molar-refractivity contribution in [1.82, 2.24) is 18.7 Å². The van der Waals surface area contributed by atoms with Crippen molar-refractivity contribution in [3.05, 3.63) is 73.2 Å². The summed E-state index contributed by atoms with van der Waals surface area (Å²) in [6, 6.07) is 6.62. The third-order valence-corrected chi connectivity index (χ3v) is 6.38. The molecule has 6 atom stereocenters. The summed E-state index contributed by atoms with van der Waals surface area (Å²) in [7, 11) is 4.17. The Hall–Kier alpha value is -3.39. The first-order valence-electron chi connectivity index (χ1n) is 10.6. The molecular formula is C21H23N5O8. The maximum atomic E-state index is 13.0. The quantitative estimate of drug-likeness (QED) is 0.381. The normalized spacial score (nSPS) is 29.1. The van der Waals surface area contributed by atoms with E-state index in [0.29, 0.717) is 5.56 Å². The lowest BCUT2D eigenvalue weighted by Crippen LogP contribution is -2.62. The van der Waals surface area contributed by atoms with Crippen molar-refractivity contribution in [2.75, 3.05) is 13.7 Å². The first kappa shape index (κ1) is 22.4. The summed E-state index contributed by atoms with van der Waals surface area (Å²) in [5, 5.41) is 12.4. The molecular weight excluding hydrogens is 450 g/mol. The number of aromatic nitrogens is 4.